The summed E-state index contributed by atoms with van der Waals surface area (Å²) in [6, 6.07) is 9.35. The van der Waals surface area contributed by atoms with Gasteiger partial charge in [-0.05, 0) is 68.6 Å². The van der Waals surface area contributed by atoms with Gasteiger partial charge in [0.25, 0.3) is 5.91 Å². The van der Waals surface area contributed by atoms with Gasteiger partial charge in [0.15, 0.2) is 0 Å². The molecule has 27 heteroatoms. The molecule has 16 N–H and O–H groups in total. The van der Waals surface area contributed by atoms with Gasteiger partial charge in [-0.15, -0.1) is 0 Å². The van der Waals surface area contributed by atoms with E-state index in [0.717, 1.165) is 11.0 Å². The number of anilines is 1. The highest BCUT2D eigenvalue weighted by atomic mass is 16.5. The first-order chi connectivity index (χ1) is 37.2. The second-order valence-electron chi connectivity index (χ2n) is 19.3. The number of fused-ring (bicyclic) bond motifs is 2. The minimum absolute atomic E-state index is 0.0938. The first-order valence-corrected chi connectivity index (χ1v) is 25.9. The van der Waals surface area contributed by atoms with Crippen molar-refractivity contribution >= 4 is 58.1 Å². The first-order valence-electron chi connectivity index (χ1n) is 25.9. The van der Waals surface area contributed by atoms with E-state index in [-0.39, 0.29) is 76.5 Å². The van der Waals surface area contributed by atoms with Crippen LogP contribution in [0.3, 0.4) is 0 Å². The van der Waals surface area contributed by atoms with Crippen molar-refractivity contribution in [3.63, 3.8) is 0 Å². The highest BCUT2D eigenvalue weighted by molar-refractivity contribution is 5.96. The van der Waals surface area contributed by atoms with Gasteiger partial charge in [-0.25, -0.2) is 4.98 Å². The molecule has 0 spiro atoms. The van der Waals surface area contributed by atoms with Crippen molar-refractivity contribution in [1.29, 1.82) is 0 Å². The maximum absolute atomic E-state index is 13.9. The van der Waals surface area contributed by atoms with Crippen molar-refractivity contribution in [2.45, 2.75) is 138 Å². The van der Waals surface area contributed by atoms with Crippen LogP contribution in [0.25, 0.3) is 11.0 Å². The second kappa shape index (κ2) is 32.5. The van der Waals surface area contributed by atoms with E-state index >= 15 is 0 Å². The summed E-state index contributed by atoms with van der Waals surface area (Å²) in [5.41, 5.74) is 3.26. The Morgan fingerprint density at radius 2 is 1.45 bits per heavy atom. The van der Waals surface area contributed by atoms with Gasteiger partial charge in [-0.2, -0.15) is 0 Å². The number of amides is 6. The number of H-pyrrole nitrogens is 1. The average Bonchev–Trinajstić information content (AvgIpc) is 3.81. The normalized spacial score (nSPS) is 16.9. The molecule has 2 heterocycles. The van der Waals surface area contributed by atoms with E-state index in [1.54, 1.807) is 30.1 Å². The number of para-hydroxylation sites is 2. The van der Waals surface area contributed by atoms with E-state index in [9.17, 15) is 69.3 Å². The molecule has 1 aromatic heterocycles. The van der Waals surface area contributed by atoms with E-state index in [4.69, 9.17) is 14.9 Å². The number of aromatic amines is 1. The molecule has 0 bridgehead atoms. The SMILES string of the molecule is CN[C@@H](CCC(=O)NC[C@H](O)[C@@H](O)C[C@H](O)CO)C(=O)N[C@@H](CCC(=O)NC[C@@H](O)[C@H](O)[C@H](O)[C@@H](O)CO)C(=O)NCCCCCCN1Cc2cc(C(=O)N(C)Cc3nc4ccccc4[nH]3)ccc2NC(CC(=O)OC)C1=O. The lowest BCUT2D eigenvalue weighted by Crippen LogP contribution is -2.53. The second-order valence-corrected chi connectivity index (χ2v) is 19.3. The molecule has 27 nitrogen and oxygen atoms in total. The molecule has 1 aliphatic heterocycles. The fourth-order valence-corrected chi connectivity index (χ4v) is 8.49. The van der Waals surface area contributed by atoms with Gasteiger partial charge in [-0.1, -0.05) is 25.0 Å². The Labute approximate surface area is 451 Å². The highest BCUT2D eigenvalue weighted by Gasteiger charge is 2.33. The molecular weight excluding hydrogens is 1020 g/mol. The summed E-state index contributed by atoms with van der Waals surface area (Å²) in [6.07, 6.45) is -10.9. The van der Waals surface area contributed by atoms with Crippen LogP contribution >= 0.6 is 0 Å². The third-order valence-electron chi connectivity index (χ3n) is 13.2. The van der Waals surface area contributed by atoms with Gasteiger partial charge in [0, 0.05) is 70.3 Å². The Hall–Kier alpha value is -6.40. The van der Waals surface area contributed by atoms with Crippen LogP contribution in [0.1, 0.15) is 86.0 Å². The predicted octanol–water partition coefficient (Wildman–Crippen LogP) is -4.04. The van der Waals surface area contributed by atoms with Gasteiger partial charge < -0.3 is 97.4 Å². The Bertz CT molecular complexity index is 2400. The van der Waals surface area contributed by atoms with Crippen LogP contribution in [0.15, 0.2) is 42.5 Å². The zero-order valence-corrected chi connectivity index (χ0v) is 44.2. The third kappa shape index (κ3) is 20.1. The molecule has 0 saturated heterocycles. The standard InChI is InChI=1S/C51H78N10O17/c1-52-35(14-16-43(69)54-23-39(66)38(65)21-31(64)27-62)49(75)59-36(15-17-44(70)55-24-40(67)46(72)47(73)41(68)28-63)48(74)53-18-8-4-5-9-19-61-25-30-20-29(12-13-32(30)56-37(51(61)77)22-45(71)78-3)50(76)60(2)26-42-57-33-10-6-7-11-34(33)58-42/h6-7,10-13,20,31,35-41,46-47,52,56,62-68,72-73H,4-5,8-9,14-19,21-28H2,1-3H3,(H,53,74)(H,54,69)(H,55,70)(H,57,58)(H,59,75)/t31-,35-,36-,37?,38-,39-,40+,41-,46-,47+/m0/s1. The molecule has 6 amide bonds. The number of imidazole rings is 1. The number of esters is 1. The number of aliphatic hydroxyl groups is 9. The van der Waals surface area contributed by atoms with Crippen LogP contribution in [0.5, 0.6) is 0 Å². The molecular formula is C51H78N10O17. The quantitative estimate of drug-likeness (QED) is 0.0200. The number of aliphatic hydroxyl groups excluding tert-OH is 9. The van der Waals surface area contributed by atoms with Crippen molar-refractivity contribution in [2.24, 2.45) is 0 Å². The number of aromatic nitrogens is 2. The van der Waals surface area contributed by atoms with Crippen LogP contribution in [0, 0.1) is 0 Å². The smallest absolute Gasteiger partial charge is 0.308 e. The molecule has 0 radical (unpaired) electrons. The van der Waals surface area contributed by atoms with Crippen molar-refractivity contribution in [3.8, 4) is 0 Å². The fraction of sp³-hybridized carbons (Fsp3) is 0.608. The Morgan fingerprint density at radius 1 is 0.795 bits per heavy atom. The van der Waals surface area contributed by atoms with Crippen LogP contribution in [-0.2, 0) is 46.6 Å². The topological polar surface area (TPSA) is 418 Å². The first kappa shape index (κ1) is 64.1. The summed E-state index contributed by atoms with van der Waals surface area (Å²) in [4.78, 5) is 103. The monoisotopic (exact) mass is 1100 g/mol. The van der Waals surface area contributed by atoms with Gasteiger partial charge >= 0.3 is 5.97 Å². The number of unbranched alkanes of at least 4 members (excludes halogenated alkanes) is 3. The summed E-state index contributed by atoms with van der Waals surface area (Å²) in [5.74, 6) is -3.27. The van der Waals surface area contributed by atoms with Crippen LogP contribution in [0.4, 0.5) is 5.69 Å². The molecule has 10 atom stereocenters. The molecule has 78 heavy (non-hydrogen) atoms. The minimum atomic E-state index is -1.94. The van der Waals surface area contributed by atoms with Crippen LogP contribution in [-0.4, -0.2) is 229 Å². The highest BCUT2D eigenvalue weighted by Crippen LogP contribution is 2.27. The summed E-state index contributed by atoms with van der Waals surface area (Å²) in [7, 11) is 4.34. The zero-order valence-electron chi connectivity index (χ0n) is 44.2. The van der Waals surface area contributed by atoms with E-state index in [1.807, 2.05) is 24.3 Å². The van der Waals surface area contributed by atoms with Crippen molar-refractivity contribution in [1.82, 2.24) is 46.4 Å². The number of nitrogens with one attached hydrogen (secondary N) is 7. The number of nitrogens with zero attached hydrogens (tertiary/aromatic N) is 3. The molecule has 1 unspecified atom stereocenters. The van der Waals surface area contributed by atoms with Crippen LogP contribution in [0.2, 0.25) is 0 Å². The van der Waals surface area contributed by atoms with Gasteiger partial charge in [0.2, 0.25) is 29.5 Å². The maximum Gasteiger partial charge on any atom is 0.308 e. The molecule has 0 aliphatic carbocycles. The number of methoxy groups -OCH3 is 1. The van der Waals surface area contributed by atoms with Crippen LogP contribution < -0.4 is 31.9 Å². The van der Waals surface area contributed by atoms with E-state index in [2.05, 4.69) is 41.9 Å². The third-order valence-corrected chi connectivity index (χ3v) is 13.2. The number of likely N-dealkylation sites (N-methyl/N-ethyl adjacent to an activating group) is 1. The lowest BCUT2D eigenvalue weighted by Gasteiger charge is -2.26. The summed E-state index contributed by atoms with van der Waals surface area (Å²) >= 11 is 0. The van der Waals surface area contributed by atoms with E-state index in [1.165, 1.54) is 19.1 Å². The summed E-state index contributed by atoms with van der Waals surface area (Å²) in [6.45, 7) is -1.72. The molecule has 1 aliphatic rings. The van der Waals surface area contributed by atoms with Crippen molar-refractivity contribution in [2.75, 3.05) is 65.9 Å². The zero-order chi connectivity index (χ0) is 57.5. The fourth-order valence-electron chi connectivity index (χ4n) is 8.49. The summed E-state index contributed by atoms with van der Waals surface area (Å²) < 4.78 is 4.87. The number of carbonyl (C=O) groups excluding carboxylic acids is 7. The van der Waals surface area contributed by atoms with Crippen molar-refractivity contribution in [3.05, 3.63) is 59.4 Å². The van der Waals surface area contributed by atoms with Crippen molar-refractivity contribution < 1.29 is 84.3 Å². The Kier molecular flexibility index (Phi) is 26.7. The predicted molar refractivity (Wildman–Crippen MR) is 279 cm³/mol. The van der Waals surface area contributed by atoms with Gasteiger partial charge in [-0.3, -0.25) is 33.6 Å². The number of hydrogen-bond acceptors (Lipinski definition) is 20. The average molecular weight is 1100 g/mol. The number of rotatable bonds is 34. The Balaban J connectivity index is 1.34. The molecule has 0 saturated carbocycles. The lowest BCUT2D eigenvalue weighted by atomic mass is 10.0. The van der Waals surface area contributed by atoms with Gasteiger partial charge in [0.1, 0.15) is 36.2 Å². The number of carbonyl (C=O) groups is 7. The molecule has 3 aromatic rings. The number of ether oxygens (including phenoxy) is 1. The molecule has 434 valence electrons. The molecule has 2 aromatic carbocycles. The number of benzene rings is 2. The van der Waals surface area contributed by atoms with E-state index < -0.39 is 110 Å². The molecule has 4 rings (SSSR count). The van der Waals surface area contributed by atoms with Gasteiger partial charge in [0.05, 0.1) is 74.8 Å². The Morgan fingerprint density at radius 3 is 2.10 bits per heavy atom. The van der Waals surface area contributed by atoms with E-state index in [0.29, 0.717) is 54.9 Å². The summed E-state index contributed by atoms with van der Waals surface area (Å²) in [5, 5.41) is 104. The molecule has 0 fully saturated rings. The lowest BCUT2D eigenvalue weighted by molar-refractivity contribution is -0.144. The minimum Gasteiger partial charge on any atom is -0.469 e. The largest absolute Gasteiger partial charge is 0.469 e. The number of hydrogen-bond donors (Lipinski definition) is 16. The maximum atomic E-state index is 13.9.